The van der Waals surface area contributed by atoms with Crippen molar-refractivity contribution in [3.8, 4) is 0 Å². The molecule has 0 N–H and O–H groups in total. The predicted octanol–water partition coefficient (Wildman–Crippen LogP) is 21.4. The Morgan fingerprint density at radius 1 is 0.292 bits per heavy atom. The van der Waals surface area contributed by atoms with E-state index in [2.05, 4.69) is 69.4 Å². The summed E-state index contributed by atoms with van der Waals surface area (Å²) in [6, 6.07) is 0. The van der Waals surface area contributed by atoms with Gasteiger partial charge >= 0.3 is 17.9 Å². The first-order valence-corrected chi connectivity index (χ1v) is 31.6. The molecule has 0 bridgehead atoms. The van der Waals surface area contributed by atoms with Gasteiger partial charge in [-0.2, -0.15) is 0 Å². The number of allylic oxidation sites excluding steroid dienone is 8. The van der Waals surface area contributed by atoms with Crippen molar-refractivity contribution in [2.24, 2.45) is 0 Å². The number of hydrogen-bond acceptors (Lipinski definition) is 6. The van der Waals surface area contributed by atoms with Crippen LogP contribution >= 0.6 is 0 Å². The lowest BCUT2D eigenvalue weighted by atomic mass is 10.0. The van der Waals surface area contributed by atoms with E-state index in [0.717, 1.165) is 83.5 Å². The summed E-state index contributed by atoms with van der Waals surface area (Å²) >= 11 is 0. The first-order chi connectivity index (χ1) is 35.5. The number of esters is 3. The van der Waals surface area contributed by atoms with E-state index in [1.807, 2.05) is 0 Å². The van der Waals surface area contributed by atoms with Crippen LogP contribution in [0.25, 0.3) is 0 Å². The van der Waals surface area contributed by atoms with Crippen LogP contribution in [0.2, 0.25) is 0 Å². The Labute approximate surface area is 448 Å². The highest BCUT2D eigenvalue weighted by atomic mass is 16.6. The maximum Gasteiger partial charge on any atom is 0.306 e. The minimum Gasteiger partial charge on any atom is -0.462 e. The fourth-order valence-electron chi connectivity index (χ4n) is 9.38. The quantitative estimate of drug-likeness (QED) is 0.0261. The van der Waals surface area contributed by atoms with Gasteiger partial charge in [0.2, 0.25) is 0 Å². The van der Waals surface area contributed by atoms with Gasteiger partial charge in [-0.3, -0.25) is 14.4 Å². The highest BCUT2D eigenvalue weighted by Crippen LogP contribution is 2.18. The van der Waals surface area contributed by atoms with Gasteiger partial charge in [0.15, 0.2) is 6.10 Å². The zero-order chi connectivity index (χ0) is 52.2. The standard InChI is InChI=1S/C66H120O6/c1-4-7-10-13-16-19-21-23-25-27-28-29-30-31-32-33-34-35-36-37-38-39-41-42-44-47-50-53-56-59-65(68)71-62-63(61-70-64(67)58-55-52-49-46-18-15-12-9-6-3)72-66(69)60-57-54-51-48-45-43-40-26-24-22-20-17-14-11-8-5-2/h7,10,16,19,23,25,28-29,63H,4-6,8-9,11-15,17-18,20-22,24,26-27,30-62H2,1-3H3/b10-7-,19-16-,25-23-,29-28-. The van der Waals surface area contributed by atoms with E-state index >= 15 is 0 Å². The van der Waals surface area contributed by atoms with Gasteiger partial charge in [-0.15, -0.1) is 0 Å². The third kappa shape index (κ3) is 58.3. The molecule has 0 rings (SSSR count). The fraction of sp³-hybridized carbons (Fsp3) is 0.833. The SMILES string of the molecule is CC/C=C\C/C=C\C/C=C\C/C=C\CCCCCCCCCCCCCCCCCCC(=O)OCC(COC(=O)CCCCCCCCCCC)OC(=O)CCCCCCCCCCCCCCCCCC. The average molecular weight is 1010 g/mol. The number of carbonyl (C=O) groups excluding carboxylic acids is 3. The van der Waals surface area contributed by atoms with Crippen LogP contribution in [0, 0.1) is 0 Å². The van der Waals surface area contributed by atoms with Crippen LogP contribution in [0.4, 0.5) is 0 Å². The molecule has 0 aliphatic rings. The highest BCUT2D eigenvalue weighted by Gasteiger charge is 2.19. The minimum atomic E-state index is -0.766. The monoisotopic (exact) mass is 1010 g/mol. The van der Waals surface area contributed by atoms with E-state index in [1.54, 1.807) is 0 Å². The third-order valence-electron chi connectivity index (χ3n) is 14.1. The molecule has 0 aromatic heterocycles. The van der Waals surface area contributed by atoms with Crippen molar-refractivity contribution in [3.05, 3.63) is 48.6 Å². The van der Waals surface area contributed by atoms with Crippen molar-refractivity contribution in [2.75, 3.05) is 13.2 Å². The van der Waals surface area contributed by atoms with Crippen LogP contribution < -0.4 is 0 Å². The maximum absolute atomic E-state index is 12.8. The number of rotatable bonds is 58. The molecule has 0 amide bonds. The molecule has 1 unspecified atom stereocenters. The van der Waals surface area contributed by atoms with E-state index in [1.165, 1.54) is 212 Å². The van der Waals surface area contributed by atoms with Gasteiger partial charge in [-0.1, -0.05) is 307 Å². The van der Waals surface area contributed by atoms with Crippen LogP contribution in [-0.2, 0) is 28.6 Å². The molecule has 0 aliphatic carbocycles. The lowest BCUT2D eigenvalue weighted by Gasteiger charge is -2.18. The highest BCUT2D eigenvalue weighted by molar-refractivity contribution is 5.71. The van der Waals surface area contributed by atoms with Crippen molar-refractivity contribution >= 4 is 17.9 Å². The Morgan fingerprint density at radius 3 is 0.847 bits per heavy atom. The largest absolute Gasteiger partial charge is 0.462 e. The Bertz CT molecular complexity index is 1250. The predicted molar refractivity (Wildman–Crippen MR) is 312 cm³/mol. The average Bonchev–Trinajstić information content (AvgIpc) is 3.38. The summed E-state index contributed by atoms with van der Waals surface area (Å²) in [5.74, 6) is -0.848. The van der Waals surface area contributed by atoms with Gasteiger partial charge in [-0.25, -0.2) is 0 Å². The zero-order valence-electron chi connectivity index (χ0n) is 48.2. The fourth-order valence-corrected chi connectivity index (χ4v) is 9.38. The van der Waals surface area contributed by atoms with Gasteiger partial charge in [0, 0.05) is 19.3 Å². The topological polar surface area (TPSA) is 78.9 Å². The summed E-state index contributed by atoms with van der Waals surface area (Å²) in [5, 5.41) is 0. The number of unbranched alkanes of at least 4 members (excludes halogenated alkanes) is 39. The molecule has 0 saturated heterocycles. The van der Waals surface area contributed by atoms with Gasteiger partial charge in [0.05, 0.1) is 0 Å². The van der Waals surface area contributed by atoms with E-state index in [-0.39, 0.29) is 31.1 Å². The van der Waals surface area contributed by atoms with Gasteiger partial charge in [0.1, 0.15) is 13.2 Å². The van der Waals surface area contributed by atoms with Crippen molar-refractivity contribution in [1.29, 1.82) is 0 Å². The molecule has 0 saturated carbocycles. The molecule has 0 spiro atoms. The van der Waals surface area contributed by atoms with Gasteiger partial charge in [-0.05, 0) is 57.8 Å². The second kappa shape index (κ2) is 60.9. The van der Waals surface area contributed by atoms with Crippen molar-refractivity contribution in [3.63, 3.8) is 0 Å². The van der Waals surface area contributed by atoms with E-state index < -0.39 is 6.10 Å². The summed E-state index contributed by atoms with van der Waals surface area (Å²) < 4.78 is 16.9. The lowest BCUT2D eigenvalue weighted by Crippen LogP contribution is -2.30. The summed E-state index contributed by atoms with van der Waals surface area (Å²) in [5.41, 5.74) is 0. The molecular formula is C66H120O6. The molecule has 72 heavy (non-hydrogen) atoms. The minimum absolute atomic E-state index is 0.0666. The van der Waals surface area contributed by atoms with Crippen LogP contribution in [0.15, 0.2) is 48.6 Å². The summed E-state index contributed by atoms with van der Waals surface area (Å²) in [4.78, 5) is 38.1. The zero-order valence-corrected chi connectivity index (χ0v) is 48.2. The molecule has 6 nitrogen and oxygen atoms in total. The van der Waals surface area contributed by atoms with Crippen molar-refractivity contribution in [1.82, 2.24) is 0 Å². The number of carbonyl (C=O) groups is 3. The van der Waals surface area contributed by atoms with Crippen LogP contribution in [-0.4, -0.2) is 37.2 Å². The Morgan fingerprint density at radius 2 is 0.542 bits per heavy atom. The number of hydrogen-bond donors (Lipinski definition) is 0. The van der Waals surface area contributed by atoms with E-state index in [9.17, 15) is 14.4 Å². The molecule has 6 heteroatoms. The summed E-state index contributed by atoms with van der Waals surface area (Å²) in [6.45, 7) is 6.56. The molecule has 0 aromatic rings. The first kappa shape index (κ1) is 69.4. The second-order valence-electron chi connectivity index (χ2n) is 21.3. The molecule has 0 heterocycles. The van der Waals surface area contributed by atoms with Crippen LogP contribution in [0.3, 0.4) is 0 Å². The van der Waals surface area contributed by atoms with Gasteiger partial charge < -0.3 is 14.2 Å². The van der Waals surface area contributed by atoms with Crippen molar-refractivity contribution in [2.45, 2.75) is 341 Å². The number of ether oxygens (including phenoxy) is 3. The normalized spacial score (nSPS) is 12.3. The van der Waals surface area contributed by atoms with E-state index in [4.69, 9.17) is 14.2 Å². The molecule has 1 atom stereocenters. The first-order valence-electron chi connectivity index (χ1n) is 31.6. The summed E-state index contributed by atoms with van der Waals surface area (Å²) in [6.07, 6.45) is 75.6. The second-order valence-corrected chi connectivity index (χ2v) is 21.3. The molecule has 0 fully saturated rings. The van der Waals surface area contributed by atoms with E-state index in [0.29, 0.717) is 19.3 Å². The molecular weight excluding hydrogens is 889 g/mol. The molecule has 0 aromatic carbocycles. The Hall–Kier alpha value is -2.63. The van der Waals surface area contributed by atoms with Crippen molar-refractivity contribution < 1.29 is 28.6 Å². The molecule has 0 aliphatic heterocycles. The lowest BCUT2D eigenvalue weighted by molar-refractivity contribution is -0.167. The Balaban J connectivity index is 4.10. The third-order valence-corrected chi connectivity index (χ3v) is 14.1. The van der Waals surface area contributed by atoms with Gasteiger partial charge in [0.25, 0.3) is 0 Å². The summed E-state index contributed by atoms with van der Waals surface area (Å²) in [7, 11) is 0. The Kier molecular flexibility index (Phi) is 58.7. The van der Waals surface area contributed by atoms with Crippen LogP contribution in [0.5, 0.6) is 0 Å². The molecule has 0 radical (unpaired) electrons. The molecule has 420 valence electrons. The smallest absolute Gasteiger partial charge is 0.306 e. The maximum atomic E-state index is 12.8. The van der Waals surface area contributed by atoms with Crippen LogP contribution in [0.1, 0.15) is 335 Å².